The van der Waals surface area contributed by atoms with E-state index in [9.17, 15) is 9.59 Å². The second-order valence-corrected chi connectivity index (χ2v) is 7.35. The number of benzene rings is 1. The molecule has 2 aromatic rings. The van der Waals surface area contributed by atoms with Crippen LogP contribution in [0.3, 0.4) is 0 Å². The predicted octanol–water partition coefficient (Wildman–Crippen LogP) is 5.69. The van der Waals surface area contributed by atoms with Crippen LogP contribution in [0.5, 0.6) is 0 Å². The number of nitrogens with zero attached hydrogens (tertiary/aromatic N) is 1. The number of aromatic nitrogens is 1. The zero-order valence-electron chi connectivity index (χ0n) is 16.0. The van der Waals surface area contributed by atoms with Gasteiger partial charge in [0.2, 0.25) is 5.91 Å². The molecule has 0 fully saturated rings. The minimum atomic E-state index is -0.852. The van der Waals surface area contributed by atoms with Crippen molar-refractivity contribution < 1.29 is 14.7 Å². The monoisotopic (exact) mass is 357 g/mol. The SMILES string of the molecule is CCCCCCCCc1cc2ccccc2n1C(=O)CC(C)CC(=O)O. The molecule has 26 heavy (non-hydrogen) atoms. The van der Waals surface area contributed by atoms with E-state index in [0.29, 0.717) is 0 Å². The lowest BCUT2D eigenvalue weighted by Gasteiger charge is -2.12. The van der Waals surface area contributed by atoms with Crippen LogP contribution < -0.4 is 0 Å². The molecule has 2 rings (SSSR count). The van der Waals surface area contributed by atoms with E-state index in [1.165, 1.54) is 32.1 Å². The highest BCUT2D eigenvalue weighted by molar-refractivity contribution is 5.94. The first-order valence-corrected chi connectivity index (χ1v) is 9.87. The topological polar surface area (TPSA) is 59.3 Å². The molecule has 4 nitrogen and oxygen atoms in total. The van der Waals surface area contributed by atoms with Gasteiger partial charge in [0.1, 0.15) is 0 Å². The van der Waals surface area contributed by atoms with Gasteiger partial charge >= 0.3 is 5.97 Å². The van der Waals surface area contributed by atoms with Crippen LogP contribution in [-0.2, 0) is 11.2 Å². The number of hydrogen-bond acceptors (Lipinski definition) is 2. The molecular formula is C22H31NO3. The number of carboxylic acid groups (broad SMARTS) is 1. The summed E-state index contributed by atoms with van der Waals surface area (Å²) in [5.41, 5.74) is 1.98. The van der Waals surface area contributed by atoms with Gasteiger partial charge in [0, 0.05) is 23.9 Å². The molecule has 0 radical (unpaired) electrons. The van der Waals surface area contributed by atoms with Crippen molar-refractivity contribution in [3.8, 4) is 0 Å². The molecule has 0 aliphatic carbocycles. The molecule has 1 N–H and O–H groups in total. The van der Waals surface area contributed by atoms with Gasteiger partial charge in [-0.15, -0.1) is 0 Å². The highest BCUT2D eigenvalue weighted by Gasteiger charge is 2.18. The molecule has 1 aromatic heterocycles. The van der Waals surface area contributed by atoms with Crippen LogP contribution in [0.15, 0.2) is 30.3 Å². The molecule has 0 aliphatic rings. The first kappa shape index (κ1) is 20.2. The molecule has 0 saturated carbocycles. The Morgan fingerprint density at radius 3 is 2.46 bits per heavy atom. The second-order valence-electron chi connectivity index (χ2n) is 7.35. The molecule has 1 atom stereocenters. The van der Waals surface area contributed by atoms with E-state index in [0.717, 1.165) is 29.4 Å². The van der Waals surface area contributed by atoms with Crippen molar-refractivity contribution in [2.45, 2.75) is 71.6 Å². The van der Waals surface area contributed by atoms with Gasteiger partial charge in [0.15, 0.2) is 0 Å². The van der Waals surface area contributed by atoms with Gasteiger partial charge in [-0.1, -0.05) is 64.2 Å². The average molecular weight is 357 g/mol. The molecule has 1 aromatic carbocycles. The molecular weight excluding hydrogens is 326 g/mol. The van der Waals surface area contributed by atoms with E-state index in [-0.39, 0.29) is 24.7 Å². The molecule has 0 amide bonds. The Labute approximate surface area is 156 Å². The van der Waals surface area contributed by atoms with Gasteiger partial charge in [-0.05, 0) is 30.9 Å². The van der Waals surface area contributed by atoms with E-state index in [2.05, 4.69) is 13.0 Å². The number of aliphatic carboxylic acids is 1. The lowest BCUT2D eigenvalue weighted by Crippen LogP contribution is -2.18. The number of hydrogen-bond donors (Lipinski definition) is 1. The summed E-state index contributed by atoms with van der Waals surface area (Å²) in [6, 6.07) is 10.0. The Morgan fingerprint density at radius 2 is 1.73 bits per heavy atom. The van der Waals surface area contributed by atoms with Gasteiger partial charge in [-0.3, -0.25) is 14.2 Å². The number of carbonyl (C=O) groups is 2. The van der Waals surface area contributed by atoms with Crippen molar-refractivity contribution >= 4 is 22.8 Å². The van der Waals surface area contributed by atoms with Crippen molar-refractivity contribution in [2.75, 3.05) is 0 Å². The largest absolute Gasteiger partial charge is 0.481 e. The minimum absolute atomic E-state index is 0.000864. The summed E-state index contributed by atoms with van der Waals surface area (Å²) < 4.78 is 1.82. The molecule has 142 valence electrons. The third-order valence-corrected chi connectivity index (χ3v) is 4.87. The fourth-order valence-electron chi connectivity index (χ4n) is 3.54. The zero-order valence-corrected chi connectivity index (χ0v) is 16.0. The number of aryl methyl sites for hydroxylation is 1. The van der Waals surface area contributed by atoms with Gasteiger partial charge < -0.3 is 5.11 Å². The fourth-order valence-corrected chi connectivity index (χ4v) is 3.54. The quantitative estimate of drug-likeness (QED) is 0.526. The number of fused-ring (bicyclic) bond motifs is 1. The molecule has 0 spiro atoms. The molecule has 1 unspecified atom stereocenters. The third-order valence-electron chi connectivity index (χ3n) is 4.87. The molecule has 0 saturated heterocycles. The average Bonchev–Trinajstić information content (AvgIpc) is 2.95. The summed E-state index contributed by atoms with van der Waals surface area (Å²) in [5, 5.41) is 10.0. The van der Waals surface area contributed by atoms with E-state index >= 15 is 0 Å². The Balaban J connectivity index is 2.10. The molecule has 1 heterocycles. The third kappa shape index (κ3) is 5.72. The van der Waals surface area contributed by atoms with Crippen LogP contribution in [-0.4, -0.2) is 21.6 Å². The van der Waals surface area contributed by atoms with Crippen molar-refractivity contribution in [2.24, 2.45) is 5.92 Å². The van der Waals surface area contributed by atoms with Crippen molar-refractivity contribution in [3.63, 3.8) is 0 Å². The van der Waals surface area contributed by atoms with Gasteiger partial charge in [0.05, 0.1) is 5.52 Å². The summed E-state index contributed by atoms with van der Waals surface area (Å²) in [6.45, 7) is 4.04. The summed E-state index contributed by atoms with van der Waals surface area (Å²) >= 11 is 0. The van der Waals surface area contributed by atoms with Gasteiger partial charge in [-0.25, -0.2) is 0 Å². The Bertz CT molecular complexity index is 732. The van der Waals surface area contributed by atoms with Crippen LogP contribution >= 0.6 is 0 Å². The first-order chi connectivity index (χ1) is 12.5. The standard InChI is InChI=1S/C22H31NO3/c1-3-4-5-6-7-8-12-19-16-18-11-9-10-13-20(18)23(19)21(24)14-17(2)15-22(25)26/h9-11,13,16-17H,3-8,12,14-15H2,1-2H3,(H,25,26). The smallest absolute Gasteiger partial charge is 0.303 e. The Morgan fingerprint density at radius 1 is 1.04 bits per heavy atom. The maximum absolute atomic E-state index is 12.9. The van der Waals surface area contributed by atoms with E-state index in [4.69, 9.17) is 5.11 Å². The number of carboxylic acids is 1. The van der Waals surface area contributed by atoms with Crippen LogP contribution in [0, 0.1) is 5.92 Å². The van der Waals surface area contributed by atoms with Crippen LogP contribution in [0.2, 0.25) is 0 Å². The second kappa shape index (κ2) is 10.1. The number of unbranched alkanes of at least 4 members (excludes halogenated alkanes) is 5. The number of carbonyl (C=O) groups excluding carboxylic acids is 1. The summed E-state index contributed by atoms with van der Waals surface area (Å²) in [5.74, 6) is -1.01. The number of para-hydroxylation sites is 1. The maximum Gasteiger partial charge on any atom is 0.303 e. The Kier molecular flexibility index (Phi) is 7.89. The fraction of sp³-hybridized carbons (Fsp3) is 0.545. The van der Waals surface area contributed by atoms with Crippen molar-refractivity contribution in [3.05, 3.63) is 36.0 Å². The summed E-state index contributed by atoms with van der Waals surface area (Å²) in [6.07, 6.45) is 8.51. The predicted molar refractivity (Wildman–Crippen MR) is 106 cm³/mol. The normalized spacial score (nSPS) is 12.4. The lowest BCUT2D eigenvalue weighted by molar-refractivity contribution is -0.137. The van der Waals surface area contributed by atoms with Crippen LogP contribution in [0.4, 0.5) is 0 Å². The van der Waals surface area contributed by atoms with Gasteiger partial charge in [-0.2, -0.15) is 0 Å². The highest BCUT2D eigenvalue weighted by Crippen LogP contribution is 2.23. The van der Waals surface area contributed by atoms with Gasteiger partial charge in [0.25, 0.3) is 0 Å². The van der Waals surface area contributed by atoms with Crippen molar-refractivity contribution in [1.82, 2.24) is 4.57 Å². The maximum atomic E-state index is 12.9. The van der Waals surface area contributed by atoms with Crippen LogP contribution in [0.1, 0.15) is 75.7 Å². The minimum Gasteiger partial charge on any atom is -0.481 e. The summed E-state index contributed by atoms with van der Waals surface area (Å²) in [7, 11) is 0. The Hall–Kier alpha value is -2.10. The molecule has 0 bridgehead atoms. The molecule has 4 heteroatoms. The first-order valence-electron chi connectivity index (χ1n) is 9.87. The van der Waals surface area contributed by atoms with Crippen molar-refractivity contribution in [1.29, 1.82) is 0 Å². The van der Waals surface area contributed by atoms with E-state index in [1.54, 1.807) is 0 Å². The van der Waals surface area contributed by atoms with Crippen LogP contribution in [0.25, 0.3) is 10.9 Å². The van der Waals surface area contributed by atoms with E-state index < -0.39 is 5.97 Å². The van der Waals surface area contributed by atoms with E-state index in [1.807, 2.05) is 35.8 Å². The zero-order chi connectivity index (χ0) is 18.9. The highest BCUT2D eigenvalue weighted by atomic mass is 16.4. The lowest BCUT2D eigenvalue weighted by atomic mass is 10.0. The molecule has 0 aliphatic heterocycles. The summed E-state index contributed by atoms with van der Waals surface area (Å²) in [4.78, 5) is 23.8. The number of rotatable bonds is 11.